The van der Waals surface area contributed by atoms with Gasteiger partial charge in [0.25, 0.3) is 10.0 Å². The predicted molar refractivity (Wildman–Crippen MR) is 79.9 cm³/mol. The Labute approximate surface area is 128 Å². The van der Waals surface area contributed by atoms with E-state index in [0.717, 1.165) is 31.2 Å². The van der Waals surface area contributed by atoms with Crippen molar-refractivity contribution in [2.75, 3.05) is 0 Å². The Balaban J connectivity index is 2.02. The van der Waals surface area contributed by atoms with Crippen LogP contribution in [0.15, 0.2) is 15.7 Å². The first kappa shape index (κ1) is 15.0. The van der Waals surface area contributed by atoms with Crippen molar-refractivity contribution in [2.24, 2.45) is 5.92 Å². The number of aliphatic carboxylic acids is 1. The minimum atomic E-state index is -3.71. The van der Waals surface area contributed by atoms with Gasteiger partial charge in [-0.05, 0) is 49.1 Å². The molecule has 1 N–H and O–H groups in total. The second-order valence-electron chi connectivity index (χ2n) is 5.98. The van der Waals surface area contributed by atoms with E-state index in [1.807, 2.05) is 6.92 Å². The zero-order chi connectivity index (χ0) is 15.2. The van der Waals surface area contributed by atoms with Crippen LogP contribution in [0, 0.1) is 12.8 Å². The molecule has 2 aliphatic rings. The molecule has 0 radical (unpaired) electrons. The molecule has 0 spiro atoms. The van der Waals surface area contributed by atoms with E-state index in [2.05, 4.69) is 0 Å². The molecule has 3 unspecified atom stereocenters. The molecule has 3 rings (SSSR count). The lowest BCUT2D eigenvalue weighted by Gasteiger charge is -2.31. The molecule has 1 aliphatic carbocycles. The summed E-state index contributed by atoms with van der Waals surface area (Å²) in [7, 11) is -3.71. The number of hydrogen-bond donors (Lipinski definition) is 1. The van der Waals surface area contributed by atoms with E-state index in [1.165, 1.54) is 15.6 Å². The number of thiophene rings is 1. The number of sulfonamides is 1. The largest absolute Gasteiger partial charge is 0.480 e. The molecule has 1 aromatic heterocycles. The van der Waals surface area contributed by atoms with Crippen molar-refractivity contribution in [3.05, 3.63) is 17.0 Å². The summed E-state index contributed by atoms with van der Waals surface area (Å²) in [6.45, 7) is 1.84. The Morgan fingerprint density at radius 3 is 2.71 bits per heavy atom. The van der Waals surface area contributed by atoms with Gasteiger partial charge in [-0.2, -0.15) is 4.31 Å². The summed E-state index contributed by atoms with van der Waals surface area (Å²) in [6, 6.07) is 0.576. The second-order valence-corrected chi connectivity index (χ2v) is 8.96. The van der Waals surface area contributed by atoms with Gasteiger partial charge in [-0.15, -0.1) is 11.3 Å². The molecule has 21 heavy (non-hydrogen) atoms. The quantitative estimate of drug-likeness (QED) is 0.924. The van der Waals surface area contributed by atoms with Crippen LogP contribution in [-0.2, 0) is 14.8 Å². The maximum absolute atomic E-state index is 12.9. The van der Waals surface area contributed by atoms with Crippen LogP contribution >= 0.6 is 11.3 Å². The maximum atomic E-state index is 12.9. The minimum Gasteiger partial charge on any atom is -0.480 e. The summed E-state index contributed by atoms with van der Waals surface area (Å²) in [6.07, 6.45) is 4.20. The normalized spacial score (nSPS) is 30.2. The first-order chi connectivity index (χ1) is 9.91. The van der Waals surface area contributed by atoms with Gasteiger partial charge >= 0.3 is 5.97 Å². The van der Waals surface area contributed by atoms with Crippen molar-refractivity contribution in [2.45, 2.75) is 55.3 Å². The van der Waals surface area contributed by atoms with Gasteiger partial charge in [0, 0.05) is 6.04 Å². The zero-order valence-corrected chi connectivity index (χ0v) is 13.5. The van der Waals surface area contributed by atoms with Crippen LogP contribution in [0.4, 0.5) is 0 Å². The van der Waals surface area contributed by atoms with Crippen molar-refractivity contribution in [1.82, 2.24) is 4.31 Å². The molecule has 0 amide bonds. The molecule has 1 saturated carbocycles. The smallest absolute Gasteiger partial charge is 0.322 e. The van der Waals surface area contributed by atoms with Crippen molar-refractivity contribution in [3.63, 3.8) is 0 Å². The van der Waals surface area contributed by atoms with Crippen molar-refractivity contribution in [1.29, 1.82) is 0 Å². The van der Waals surface area contributed by atoms with Gasteiger partial charge < -0.3 is 5.11 Å². The SMILES string of the molecule is Cc1csc(S(=O)(=O)N2C(C(=O)O)CC3CCCCC32)c1. The number of fused-ring (bicyclic) bond motifs is 1. The lowest BCUT2D eigenvalue weighted by atomic mass is 9.85. The van der Waals surface area contributed by atoms with Gasteiger partial charge in [0.15, 0.2) is 0 Å². The van der Waals surface area contributed by atoms with Gasteiger partial charge in [0.2, 0.25) is 0 Å². The number of carboxylic acid groups (broad SMARTS) is 1. The van der Waals surface area contributed by atoms with E-state index in [0.29, 0.717) is 6.42 Å². The van der Waals surface area contributed by atoms with Crippen LogP contribution in [0.1, 0.15) is 37.7 Å². The van der Waals surface area contributed by atoms with Gasteiger partial charge in [-0.3, -0.25) is 4.79 Å². The number of carboxylic acids is 1. The minimum absolute atomic E-state index is 0.146. The van der Waals surface area contributed by atoms with Crippen LogP contribution in [0.3, 0.4) is 0 Å². The van der Waals surface area contributed by atoms with Crippen LogP contribution in [0.5, 0.6) is 0 Å². The highest BCUT2D eigenvalue weighted by molar-refractivity contribution is 7.91. The second kappa shape index (κ2) is 5.37. The molecular formula is C14H19NO4S2. The molecule has 0 bridgehead atoms. The Morgan fingerprint density at radius 1 is 1.38 bits per heavy atom. The molecule has 1 aliphatic heterocycles. The highest BCUT2D eigenvalue weighted by atomic mass is 32.2. The number of rotatable bonds is 3. The predicted octanol–water partition coefficient (Wildman–Crippen LogP) is 2.46. The molecule has 2 fully saturated rings. The molecule has 1 aromatic rings. The maximum Gasteiger partial charge on any atom is 0.322 e. The van der Waals surface area contributed by atoms with Gasteiger partial charge in [0.05, 0.1) is 0 Å². The number of aryl methyl sites for hydroxylation is 1. The molecular weight excluding hydrogens is 310 g/mol. The van der Waals surface area contributed by atoms with Crippen LogP contribution in [-0.4, -0.2) is 35.9 Å². The van der Waals surface area contributed by atoms with Gasteiger partial charge in [-0.1, -0.05) is 12.8 Å². The van der Waals surface area contributed by atoms with Crippen molar-refractivity contribution in [3.8, 4) is 0 Å². The highest BCUT2D eigenvalue weighted by Gasteiger charge is 2.51. The topological polar surface area (TPSA) is 74.7 Å². The summed E-state index contributed by atoms with van der Waals surface area (Å²) < 4.78 is 27.3. The Morgan fingerprint density at radius 2 is 2.10 bits per heavy atom. The van der Waals surface area contributed by atoms with E-state index < -0.39 is 22.0 Å². The monoisotopic (exact) mass is 329 g/mol. The van der Waals surface area contributed by atoms with Crippen LogP contribution in [0.25, 0.3) is 0 Å². The lowest BCUT2D eigenvalue weighted by Crippen LogP contribution is -2.45. The third-order valence-corrected chi connectivity index (χ3v) is 8.02. The molecule has 3 atom stereocenters. The first-order valence-electron chi connectivity index (χ1n) is 7.23. The lowest BCUT2D eigenvalue weighted by molar-refractivity contribution is -0.140. The zero-order valence-electron chi connectivity index (χ0n) is 11.9. The molecule has 2 heterocycles. The Kier molecular flexibility index (Phi) is 3.83. The highest BCUT2D eigenvalue weighted by Crippen LogP contribution is 2.43. The van der Waals surface area contributed by atoms with E-state index >= 15 is 0 Å². The van der Waals surface area contributed by atoms with E-state index in [4.69, 9.17) is 0 Å². The number of hydrogen-bond acceptors (Lipinski definition) is 4. The van der Waals surface area contributed by atoms with Crippen LogP contribution < -0.4 is 0 Å². The fourth-order valence-electron chi connectivity index (χ4n) is 3.62. The summed E-state index contributed by atoms with van der Waals surface area (Å²) >= 11 is 1.17. The molecule has 5 nitrogen and oxygen atoms in total. The third kappa shape index (κ3) is 2.51. The third-order valence-electron chi connectivity index (χ3n) is 4.55. The Bertz CT molecular complexity index is 652. The molecule has 7 heteroatoms. The van der Waals surface area contributed by atoms with Crippen molar-refractivity contribution >= 4 is 27.3 Å². The fraction of sp³-hybridized carbons (Fsp3) is 0.643. The number of carbonyl (C=O) groups is 1. The molecule has 0 aromatic carbocycles. The Hall–Kier alpha value is -0.920. The van der Waals surface area contributed by atoms with Gasteiger partial charge in [-0.25, -0.2) is 8.42 Å². The van der Waals surface area contributed by atoms with Gasteiger partial charge in [0.1, 0.15) is 10.3 Å². The average molecular weight is 329 g/mol. The summed E-state index contributed by atoms with van der Waals surface area (Å²) in [4.78, 5) is 11.5. The van der Waals surface area contributed by atoms with Crippen LogP contribution in [0.2, 0.25) is 0 Å². The fourth-order valence-corrected chi connectivity index (χ4v) is 6.82. The first-order valence-corrected chi connectivity index (χ1v) is 9.54. The van der Waals surface area contributed by atoms with E-state index in [9.17, 15) is 18.3 Å². The summed E-state index contributed by atoms with van der Waals surface area (Å²) in [5, 5.41) is 11.2. The molecule has 116 valence electrons. The van der Waals surface area contributed by atoms with Crippen molar-refractivity contribution < 1.29 is 18.3 Å². The van der Waals surface area contributed by atoms with E-state index in [1.54, 1.807) is 11.4 Å². The standard InChI is InChI=1S/C14H19NO4S2/c1-9-6-13(20-8-9)21(18,19)15-11-5-3-2-4-10(11)7-12(15)14(16)17/h6,8,10-12H,2-5,7H2,1H3,(H,16,17). The number of nitrogens with zero attached hydrogens (tertiary/aromatic N) is 1. The summed E-state index contributed by atoms with van der Waals surface area (Å²) in [5.41, 5.74) is 0.893. The average Bonchev–Trinajstić information content (AvgIpc) is 3.02. The summed E-state index contributed by atoms with van der Waals surface area (Å²) in [5.74, 6) is -0.836. The van der Waals surface area contributed by atoms with E-state index in [-0.39, 0.29) is 16.2 Å². The molecule has 1 saturated heterocycles.